The molecule has 0 aromatic heterocycles. The van der Waals surface area contributed by atoms with Crippen molar-refractivity contribution in [2.45, 2.75) is 45.7 Å². The maximum absolute atomic E-state index is 5.13. The zero-order valence-electron chi connectivity index (χ0n) is 10.6. The molecule has 0 spiro atoms. The van der Waals surface area contributed by atoms with E-state index in [1.807, 2.05) is 12.1 Å². The van der Waals surface area contributed by atoms with Crippen molar-refractivity contribution < 1.29 is 4.74 Å². The van der Waals surface area contributed by atoms with Crippen molar-refractivity contribution in [2.24, 2.45) is 0 Å². The van der Waals surface area contributed by atoms with Crippen molar-refractivity contribution in [1.29, 1.82) is 0 Å². The molecule has 0 saturated carbocycles. The summed E-state index contributed by atoms with van der Waals surface area (Å²) in [6.07, 6.45) is 3.70. The van der Waals surface area contributed by atoms with Gasteiger partial charge < -0.3 is 10.1 Å². The minimum absolute atomic E-state index is 0.645. The van der Waals surface area contributed by atoms with Gasteiger partial charge in [0.2, 0.25) is 0 Å². The van der Waals surface area contributed by atoms with Crippen LogP contribution in [-0.4, -0.2) is 13.2 Å². The van der Waals surface area contributed by atoms with E-state index in [1.165, 1.54) is 24.8 Å². The van der Waals surface area contributed by atoms with Crippen molar-refractivity contribution in [2.75, 3.05) is 7.11 Å². The molecule has 90 valence electrons. The van der Waals surface area contributed by atoms with Crippen LogP contribution in [0.3, 0.4) is 0 Å². The summed E-state index contributed by atoms with van der Waals surface area (Å²) in [4.78, 5) is 0. The van der Waals surface area contributed by atoms with Crippen molar-refractivity contribution in [1.82, 2.24) is 5.32 Å². The Balaban J connectivity index is 2.40. The maximum Gasteiger partial charge on any atom is 0.118 e. The van der Waals surface area contributed by atoms with Crippen LogP contribution in [0.1, 0.15) is 38.7 Å². The van der Waals surface area contributed by atoms with Crippen molar-refractivity contribution in [3.8, 4) is 5.75 Å². The fourth-order valence-electron chi connectivity index (χ4n) is 1.80. The lowest BCUT2D eigenvalue weighted by molar-refractivity contribution is 0.414. The minimum atomic E-state index is 0.645. The number of benzene rings is 1. The van der Waals surface area contributed by atoms with Gasteiger partial charge in [0, 0.05) is 12.6 Å². The summed E-state index contributed by atoms with van der Waals surface area (Å²) < 4.78 is 5.13. The largest absolute Gasteiger partial charge is 0.497 e. The van der Waals surface area contributed by atoms with E-state index in [2.05, 4.69) is 31.3 Å². The van der Waals surface area contributed by atoms with Crippen LogP contribution in [-0.2, 0) is 6.54 Å². The lowest BCUT2D eigenvalue weighted by atomic mass is 10.1. The van der Waals surface area contributed by atoms with Gasteiger partial charge in [-0.25, -0.2) is 0 Å². The van der Waals surface area contributed by atoms with Crippen molar-refractivity contribution in [3.63, 3.8) is 0 Å². The normalized spacial score (nSPS) is 12.4. The summed E-state index contributed by atoms with van der Waals surface area (Å²) in [6, 6.07) is 8.90. The smallest absolute Gasteiger partial charge is 0.118 e. The van der Waals surface area contributed by atoms with Gasteiger partial charge in [0.1, 0.15) is 5.75 Å². The summed E-state index contributed by atoms with van der Waals surface area (Å²) in [5, 5.41) is 3.58. The van der Waals surface area contributed by atoms with E-state index in [0.717, 1.165) is 12.3 Å². The summed E-state index contributed by atoms with van der Waals surface area (Å²) in [5.74, 6) is 0.921. The van der Waals surface area contributed by atoms with Crippen molar-refractivity contribution >= 4 is 0 Å². The molecule has 0 bridgehead atoms. The molecule has 1 aromatic carbocycles. The highest BCUT2D eigenvalue weighted by Gasteiger charge is 2.03. The highest BCUT2D eigenvalue weighted by atomic mass is 16.5. The quantitative estimate of drug-likeness (QED) is 0.762. The van der Waals surface area contributed by atoms with E-state index in [9.17, 15) is 0 Å². The topological polar surface area (TPSA) is 21.3 Å². The molecule has 1 rings (SSSR count). The van der Waals surface area contributed by atoms with Crippen LogP contribution >= 0.6 is 0 Å². The first-order chi connectivity index (χ1) is 7.80. The monoisotopic (exact) mass is 221 g/mol. The van der Waals surface area contributed by atoms with Crippen LogP contribution in [0.2, 0.25) is 0 Å². The van der Waals surface area contributed by atoms with Gasteiger partial charge in [-0.15, -0.1) is 0 Å². The predicted molar refractivity (Wildman–Crippen MR) is 68.8 cm³/mol. The number of rotatable bonds is 7. The molecule has 1 N–H and O–H groups in total. The SMILES string of the molecule is CCCC(CC)NCc1ccc(OC)cc1. The molecule has 1 unspecified atom stereocenters. The van der Waals surface area contributed by atoms with Gasteiger partial charge in [0.05, 0.1) is 7.11 Å². The Kier molecular flexibility index (Phi) is 5.94. The first kappa shape index (κ1) is 13.0. The van der Waals surface area contributed by atoms with E-state index >= 15 is 0 Å². The van der Waals surface area contributed by atoms with Gasteiger partial charge in [-0.2, -0.15) is 0 Å². The number of hydrogen-bond donors (Lipinski definition) is 1. The van der Waals surface area contributed by atoms with E-state index in [1.54, 1.807) is 7.11 Å². The van der Waals surface area contributed by atoms with Crippen molar-refractivity contribution in [3.05, 3.63) is 29.8 Å². The predicted octanol–water partition coefficient (Wildman–Crippen LogP) is 3.36. The number of hydrogen-bond acceptors (Lipinski definition) is 2. The highest BCUT2D eigenvalue weighted by molar-refractivity contribution is 5.27. The molecule has 0 fully saturated rings. The Bertz CT molecular complexity index is 281. The summed E-state index contributed by atoms with van der Waals surface area (Å²) in [6.45, 7) is 5.42. The van der Waals surface area contributed by atoms with Gasteiger partial charge in [0.15, 0.2) is 0 Å². The van der Waals surface area contributed by atoms with E-state index in [4.69, 9.17) is 4.74 Å². The molecule has 0 radical (unpaired) electrons. The van der Waals surface area contributed by atoms with Gasteiger partial charge >= 0.3 is 0 Å². The van der Waals surface area contributed by atoms with Crippen LogP contribution in [0.25, 0.3) is 0 Å². The van der Waals surface area contributed by atoms with E-state index < -0.39 is 0 Å². The molecule has 0 aliphatic rings. The van der Waals surface area contributed by atoms with E-state index in [-0.39, 0.29) is 0 Å². The number of ether oxygens (including phenoxy) is 1. The van der Waals surface area contributed by atoms with Crippen LogP contribution in [0.5, 0.6) is 5.75 Å². The molecule has 16 heavy (non-hydrogen) atoms. The Labute approximate surface area is 99.0 Å². The minimum Gasteiger partial charge on any atom is -0.497 e. The lowest BCUT2D eigenvalue weighted by Crippen LogP contribution is -2.27. The van der Waals surface area contributed by atoms with Gasteiger partial charge in [-0.1, -0.05) is 32.4 Å². The summed E-state index contributed by atoms with van der Waals surface area (Å²) in [5.41, 5.74) is 1.32. The summed E-state index contributed by atoms with van der Waals surface area (Å²) >= 11 is 0. The maximum atomic E-state index is 5.13. The third kappa shape index (κ3) is 4.23. The zero-order chi connectivity index (χ0) is 11.8. The molecule has 0 saturated heterocycles. The molecule has 0 heterocycles. The molecule has 1 atom stereocenters. The van der Waals surface area contributed by atoms with Crippen LogP contribution in [0.15, 0.2) is 24.3 Å². The van der Waals surface area contributed by atoms with Crippen LogP contribution in [0.4, 0.5) is 0 Å². The van der Waals surface area contributed by atoms with Gasteiger partial charge in [-0.05, 0) is 30.5 Å². The van der Waals surface area contributed by atoms with Gasteiger partial charge in [-0.3, -0.25) is 0 Å². The number of methoxy groups -OCH3 is 1. The van der Waals surface area contributed by atoms with Crippen LogP contribution in [0, 0.1) is 0 Å². The summed E-state index contributed by atoms with van der Waals surface area (Å²) in [7, 11) is 1.70. The molecule has 0 amide bonds. The van der Waals surface area contributed by atoms with Crippen LogP contribution < -0.4 is 10.1 Å². The van der Waals surface area contributed by atoms with Gasteiger partial charge in [0.25, 0.3) is 0 Å². The highest BCUT2D eigenvalue weighted by Crippen LogP contribution is 2.11. The fourth-order valence-corrected chi connectivity index (χ4v) is 1.80. The lowest BCUT2D eigenvalue weighted by Gasteiger charge is -2.16. The molecular formula is C14H23NO. The second kappa shape index (κ2) is 7.29. The first-order valence-electron chi connectivity index (χ1n) is 6.16. The number of nitrogens with one attached hydrogen (secondary N) is 1. The zero-order valence-corrected chi connectivity index (χ0v) is 10.6. The first-order valence-corrected chi connectivity index (χ1v) is 6.16. The Hall–Kier alpha value is -1.02. The average molecular weight is 221 g/mol. The molecule has 2 heteroatoms. The molecule has 0 aliphatic heterocycles. The molecule has 1 aromatic rings. The third-order valence-corrected chi connectivity index (χ3v) is 2.88. The Morgan fingerprint density at radius 3 is 2.38 bits per heavy atom. The Morgan fingerprint density at radius 2 is 1.88 bits per heavy atom. The Morgan fingerprint density at radius 1 is 1.19 bits per heavy atom. The molecule has 0 aliphatic carbocycles. The fraction of sp³-hybridized carbons (Fsp3) is 0.571. The van der Waals surface area contributed by atoms with E-state index in [0.29, 0.717) is 6.04 Å². The third-order valence-electron chi connectivity index (χ3n) is 2.88. The molecule has 2 nitrogen and oxygen atoms in total. The average Bonchev–Trinajstić information content (AvgIpc) is 2.35. The second-order valence-corrected chi connectivity index (χ2v) is 4.12. The second-order valence-electron chi connectivity index (χ2n) is 4.12. The molecular weight excluding hydrogens is 198 g/mol. The standard InChI is InChI=1S/C14H23NO/c1-4-6-13(5-2)15-11-12-7-9-14(16-3)10-8-12/h7-10,13,15H,4-6,11H2,1-3H3.